The molecule has 0 fully saturated rings. The molecule has 0 amide bonds. The number of anilines is 3. The lowest BCUT2D eigenvalue weighted by molar-refractivity contribution is -0.384. The molecule has 0 atom stereocenters. The van der Waals surface area contributed by atoms with Gasteiger partial charge in [0.2, 0.25) is 5.95 Å². The van der Waals surface area contributed by atoms with Crippen molar-refractivity contribution in [2.75, 3.05) is 16.8 Å². The molecule has 6 aromatic rings. The van der Waals surface area contributed by atoms with Gasteiger partial charge in [0.25, 0.3) is 29.0 Å². The Morgan fingerprint density at radius 3 is 1.42 bits per heavy atom. The molecule has 0 aliphatic heterocycles. The minimum Gasteiger partial charge on any atom is -0.383 e. The number of nitrogens with one attached hydrogen (secondary N) is 2. The van der Waals surface area contributed by atoms with Crippen LogP contribution >= 0.6 is 0 Å². The Morgan fingerprint density at radius 1 is 0.650 bits per heavy atom. The molecule has 27 heteroatoms. The maximum absolute atomic E-state index is 11.5. The van der Waals surface area contributed by atoms with E-state index in [1.807, 2.05) is 0 Å². The van der Waals surface area contributed by atoms with Gasteiger partial charge in [0, 0.05) is 18.2 Å². The van der Waals surface area contributed by atoms with E-state index in [1.165, 1.54) is 81.4 Å². The summed E-state index contributed by atoms with van der Waals surface area (Å²) in [4.78, 5) is 46.0. The largest absolute Gasteiger partial charge is 0.383 e. The second kappa shape index (κ2) is 16.8. The minimum atomic E-state index is -0.646. The average molecular weight is 816 g/mol. The number of nitrogen functional groups attached to an aromatic ring is 2. The fourth-order valence-electron chi connectivity index (χ4n) is 5.16. The predicted octanol–water partition coefficient (Wildman–Crippen LogP) is 6.94. The van der Waals surface area contributed by atoms with Crippen LogP contribution in [-0.2, 0) is 0 Å². The Hall–Kier alpha value is -9.30. The molecule has 3 heterocycles. The van der Waals surface area contributed by atoms with Crippen molar-refractivity contribution in [3.63, 3.8) is 0 Å². The molecule has 0 saturated carbocycles. The number of hydrogen-bond acceptors (Lipinski definition) is 22. The van der Waals surface area contributed by atoms with Gasteiger partial charge in [-0.25, -0.2) is 0 Å². The standard InChI is InChI=1S/C33H29N21O6/c1-16(34)25(45-42-19-10-4-7-13-22(19)52(55)56)28(35)38-31-39-32(50-29(36)26(17(2)48-50)46-43-20-11-5-8-14-23(20)53(57)58)41-33(40-31)51-30(37)27(18(3)49-51)47-44-21-12-6-9-15-24(21)54(59)60/h4-15,34H,35-37H2,1-3H3,(H,38,39,40,41)/b28-25+,34-16?,45-42+,46-43+,47-44+. The van der Waals surface area contributed by atoms with Crippen LogP contribution in [0, 0.1) is 49.6 Å². The Balaban J connectivity index is 1.47. The number of rotatable bonds is 14. The fourth-order valence-corrected chi connectivity index (χ4v) is 5.16. The van der Waals surface area contributed by atoms with Crippen molar-refractivity contribution in [3.8, 4) is 11.9 Å². The maximum atomic E-state index is 11.5. The van der Waals surface area contributed by atoms with Crippen LogP contribution in [0.5, 0.6) is 0 Å². The molecular formula is C33H29N21O6. The molecule has 0 unspecified atom stereocenters. The summed E-state index contributed by atoms with van der Waals surface area (Å²) >= 11 is 0. The van der Waals surface area contributed by atoms with E-state index < -0.39 is 14.8 Å². The predicted molar refractivity (Wildman–Crippen MR) is 213 cm³/mol. The first kappa shape index (κ1) is 40.4. The second-order valence-corrected chi connectivity index (χ2v) is 12.1. The third kappa shape index (κ3) is 8.42. The number of aryl methyl sites for hydroxylation is 2. The van der Waals surface area contributed by atoms with E-state index in [-0.39, 0.29) is 104 Å². The van der Waals surface area contributed by atoms with Gasteiger partial charge in [0.1, 0.15) is 11.5 Å². The van der Waals surface area contributed by atoms with Crippen LogP contribution in [0.25, 0.3) is 11.9 Å². The smallest absolute Gasteiger partial charge is 0.296 e. The van der Waals surface area contributed by atoms with Crippen LogP contribution in [0.4, 0.5) is 63.1 Å². The summed E-state index contributed by atoms with van der Waals surface area (Å²) in [6, 6.07) is 16.9. The van der Waals surface area contributed by atoms with E-state index in [0.717, 1.165) is 9.36 Å². The molecule has 302 valence electrons. The normalized spacial score (nSPS) is 12.0. The van der Waals surface area contributed by atoms with Gasteiger partial charge in [-0.1, -0.05) is 36.4 Å². The summed E-state index contributed by atoms with van der Waals surface area (Å²) in [5, 5.41) is 78.6. The zero-order valence-corrected chi connectivity index (χ0v) is 31.3. The van der Waals surface area contributed by atoms with Crippen LogP contribution in [0.3, 0.4) is 0 Å². The number of allylic oxidation sites excluding steroid dienone is 1. The first-order valence-electron chi connectivity index (χ1n) is 16.9. The van der Waals surface area contributed by atoms with Gasteiger partial charge in [-0.3, -0.25) is 30.3 Å². The Labute approximate surface area is 335 Å². The van der Waals surface area contributed by atoms with Crippen molar-refractivity contribution in [1.29, 1.82) is 5.41 Å². The van der Waals surface area contributed by atoms with Gasteiger partial charge < -0.3 is 27.9 Å². The van der Waals surface area contributed by atoms with Crippen molar-refractivity contribution < 1.29 is 14.8 Å². The summed E-state index contributed by atoms with van der Waals surface area (Å²) in [5.41, 5.74) is 18.1. The van der Waals surface area contributed by atoms with Crippen LogP contribution in [0.1, 0.15) is 18.3 Å². The molecule has 0 radical (unpaired) electrons. The molecule has 60 heavy (non-hydrogen) atoms. The summed E-state index contributed by atoms with van der Waals surface area (Å²) in [6.07, 6.45) is 0. The lowest BCUT2D eigenvalue weighted by Crippen LogP contribution is -2.20. The molecule has 6 rings (SSSR count). The van der Waals surface area contributed by atoms with Crippen LogP contribution in [0.15, 0.2) is 115 Å². The summed E-state index contributed by atoms with van der Waals surface area (Å²) < 4.78 is 2.11. The molecule has 3 aromatic heterocycles. The summed E-state index contributed by atoms with van der Waals surface area (Å²) in [5.74, 6) is -1.56. The minimum absolute atomic E-state index is 0.00770. The van der Waals surface area contributed by atoms with E-state index in [4.69, 9.17) is 22.6 Å². The number of nitro benzene ring substituents is 3. The number of nitrogens with two attached hydrogens (primary N) is 3. The van der Waals surface area contributed by atoms with Crippen LogP contribution in [-0.4, -0.2) is 55.0 Å². The number of benzene rings is 3. The molecule has 0 bridgehead atoms. The van der Waals surface area contributed by atoms with E-state index in [0.29, 0.717) is 0 Å². The van der Waals surface area contributed by atoms with Crippen molar-refractivity contribution in [2.45, 2.75) is 20.8 Å². The Kier molecular flexibility index (Phi) is 11.3. The van der Waals surface area contributed by atoms with E-state index in [9.17, 15) is 30.3 Å². The summed E-state index contributed by atoms with van der Waals surface area (Å²) in [7, 11) is 0. The zero-order chi connectivity index (χ0) is 43.2. The molecule has 27 nitrogen and oxygen atoms in total. The number of nitrogens with zero attached hydrogens (tertiary/aromatic N) is 16. The fraction of sp³-hybridized carbons (Fsp3) is 0.0909. The lowest BCUT2D eigenvalue weighted by atomic mass is 10.3. The number of azo groups is 3. The maximum Gasteiger partial charge on any atom is 0.296 e. The Bertz CT molecular complexity index is 2710. The highest BCUT2D eigenvalue weighted by Gasteiger charge is 2.23. The Morgan fingerprint density at radius 2 is 1.03 bits per heavy atom. The number of nitro groups is 3. The van der Waals surface area contributed by atoms with Gasteiger partial charge in [-0.15, -0.1) is 30.7 Å². The van der Waals surface area contributed by atoms with Gasteiger partial charge in [-0.2, -0.15) is 34.5 Å². The van der Waals surface area contributed by atoms with Gasteiger partial charge in [0.15, 0.2) is 40.1 Å². The molecule has 8 N–H and O–H groups in total. The van der Waals surface area contributed by atoms with Crippen molar-refractivity contribution in [2.24, 2.45) is 36.4 Å². The number of aromatic nitrogens is 7. The van der Waals surface area contributed by atoms with E-state index in [1.54, 1.807) is 12.1 Å². The second-order valence-electron chi connectivity index (χ2n) is 12.1. The van der Waals surface area contributed by atoms with Crippen LogP contribution < -0.4 is 22.5 Å². The highest BCUT2D eigenvalue weighted by atomic mass is 16.6. The molecule has 0 aliphatic rings. The molecule has 0 spiro atoms. The van der Waals surface area contributed by atoms with E-state index >= 15 is 0 Å². The number of para-hydroxylation sites is 3. The third-order valence-electron chi connectivity index (χ3n) is 7.98. The summed E-state index contributed by atoms with van der Waals surface area (Å²) in [6.45, 7) is 4.41. The van der Waals surface area contributed by atoms with Gasteiger partial charge >= 0.3 is 0 Å². The topological polar surface area (TPSA) is 392 Å². The quantitative estimate of drug-likeness (QED) is 0.0321. The molecule has 0 saturated heterocycles. The van der Waals surface area contributed by atoms with Gasteiger partial charge in [-0.05, 0) is 39.0 Å². The van der Waals surface area contributed by atoms with Crippen molar-refractivity contribution in [1.82, 2.24) is 34.5 Å². The molecular weight excluding hydrogens is 787 g/mol. The zero-order valence-electron chi connectivity index (χ0n) is 31.3. The monoisotopic (exact) mass is 815 g/mol. The average Bonchev–Trinajstić information content (AvgIpc) is 3.67. The van der Waals surface area contributed by atoms with E-state index in [2.05, 4.69) is 61.2 Å². The molecule has 0 aliphatic carbocycles. The first-order chi connectivity index (χ1) is 28.6. The number of hydrogen-bond donors (Lipinski definition) is 5. The highest BCUT2D eigenvalue weighted by molar-refractivity contribution is 5.96. The highest BCUT2D eigenvalue weighted by Crippen LogP contribution is 2.35. The SMILES string of the molecule is CC(=N)C(/N=N/c1ccccc1[N+](=O)[O-])=C(/N)Nc1nc(-n2nc(C)c(/N=N/c3ccccc3[N+](=O)[O-])c2N)nc(-n2nc(C)c(/N=N/c3ccccc3[N+](=O)[O-])c2N)n1. The first-order valence-corrected chi connectivity index (χ1v) is 16.9. The molecule has 3 aromatic carbocycles. The van der Waals surface area contributed by atoms with Crippen molar-refractivity contribution in [3.05, 3.63) is 126 Å². The lowest BCUT2D eigenvalue weighted by Gasteiger charge is -2.11. The van der Waals surface area contributed by atoms with Gasteiger partial charge in [0.05, 0.1) is 31.9 Å². The van der Waals surface area contributed by atoms with Crippen LogP contribution in [0.2, 0.25) is 0 Å². The third-order valence-corrected chi connectivity index (χ3v) is 7.98. The van der Waals surface area contributed by atoms with Crippen molar-refractivity contribution >= 4 is 68.8 Å².